The summed E-state index contributed by atoms with van der Waals surface area (Å²) in [5, 5.41) is 4.06. The zero-order valence-corrected chi connectivity index (χ0v) is 19.3. The number of fused-ring (bicyclic) bond motifs is 1. The fraction of sp³-hybridized carbons (Fsp3) is 0.417. The number of nitrogens with zero attached hydrogens (tertiary/aromatic N) is 4. The molecule has 3 rings (SSSR count). The molecule has 33 heavy (non-hydrogen) atoms. The number of rotatable bonds is 9. The third-order valence-corrected chi connectivity index (χ3v) is 5.46. The molecule has 0 bridgehead atoms. The van der Waals surface area contributed by atoms with Crippen LogP contribution in [0.4, 0.5) is 24.5 Å². The van der Waals surface area contributed by atoms with Crippen LogP contribution < -0.4 is 9.64 Å². The number of benzene rings is 2. The normalized spacial score (nSPS) is 16.3. The molecule has 0 spiro atoms. The summed E-state index contributed by atoms with van der Waals surface area (Å²) in [6.45, 7) is 5.50. The van der Waals surface area contributed by atoms with Crippen LogP contribution in [0.15, 0.2) is 52.6 Å². The van der Waals surface area contributed by atoms with Crippen LogP contribution in [-0.4, -0.2) is 56.8 Å². The van der Waals surface area contributed by atoms with Gasteiger partial charge in [0.15, 0.2) is 0 Å². The van der Waals surface area contributed by atoms with Gasteiger partial charge in [0.25, 0.3) is 0 Å². The van der Waals surface area contributed by atoms with Crippen LogP contribution in [0.1, 0.15) is 25.0 Å². The van der Waals surface area contributed by atoms with E-state index in [0.717, 1.165) is 36.5 Å². The number of hydrogen-bond acceptors (Lipinski definition) is 5. The molecule has 2 aromatic carbocycles. The summed E-state index contributed by atoms with van der Waals surface area (Å²) in [6.07, 6.45) is -1.75. The second-order valence-corrected chi connectivity index (χ2v) is 7.97. The number of hydrogen-bond donors (Lipinski definition) is 0. The Bertz CT molecular complexity index is 1010. The van der Waals surface area contributed by atoms with E-state index in [9.17, 15) is 13.2 Å². The summed E-state index contributed by atoms with van der Waals surface area (Å²) < 4.78 is 44.5. The molecule has 1 heterocycles. The number of ether oxygens (including phenoxy) is 1. The van der Waals surface area contributed by atoms with Crippen LogP contribution in [0, 0.1) is 0 Å². The minimum atomic E-state index is -4.42. The Morgan fingerprint density at radius 3 is 2.73 bits per heavy atom. The third kappa shape index (κ3) is 6.40. The van der Waals surface area contributed by atoms with E-state index in [-0.39, 0.29) is 18.4 Å². The molecule has 0 amide bonds. The highest BCUT2D eigenvalue weighted by molar-refractivity contribution is 5.90. The first-order valence-electron chi connectivity index (χ1n) is 10.7. The van der Waals surface area contributed by atoms with E-state index in [1.165, 1.54) is 24.8 Å². The molecule has 0 N–H and O–H groups in total. The molecule has 0 aliphatic carbocycles. The van der Waals surface area contributed by atoms with E-state index in [4.69, 9.17) is 9.57 Å². The van der Waals surface area contributed by atoms with Crippen molar-refractivity contribution in [3.63, 3.8) is 0 Å². The lowest BCUT2D eigenvalue weighted by molar-refractivity contribution is -0.137. The molecule has 0 radical (unpaired) electrons. The average molecular weight is 463 g/mol. The van der Waals surface area contributed by atoms with E-state index < -0.39 is 11.7 Å². The molecular formula is C24H29F3N4O2. The van der Waals surface area contributed by atoms with Gasteiger partial charge < -0.3 is 19.4 Å². The topological polar surface area (TPSA) is 49.7 Å². The largest absolute Gasteiger partial charge is 0.487 e. The fourth-order valence-electron chi connectivity index (χ4n) is 3.61. The van der Waals surface area contributed by atoms with Crippen molar-refractivity contribution < 1.29 is 22.7 Å². The van der Waals surface area contributed by atoms with Gasteiger partial charge in [0, 0.05) is 25.3 Å². The number of oxime groups is 1. The Hall–Kier alpha value is -3.23. The summed E-state index contributed by atoms with van der Waals surface area (Å²) in [7, 11) is 3.40. The molecule has 1 aliphatic rings. The van der Waals surface area contributed by atoms with Crippen molar-refractivity contribution in [2.45, 2.75) is 32.5 Å². The predicted octanol–water partition coefficient (Wildman–Crippen LogP) is 5.15. The molecule has 9 heteroatoms. The number of aliphatic imine (C=N–C) groups is 1. The van der Waals surface area contributed by atoms with Crippen LogP contribution in [0.5, 0.6) is 5.75 Å². The van der Waals surface area contributed by atoms with Gasteiger partial charge >= 0.3 is 6.18 Å². The van der Waals surface area contributed by atoms with E-state index in [2.05, 4.69) is 35.0 Å². The SMILES string of the molecule is CCN(C)/C=N/c1ccc2c(c1)CC(C)N2C/C(COc1cccc(C(F)(F)F)c1)=N/OC. The van der Waals surface area contributed by atoms with Crippen molar-refractivity contribution in [1.82, 2.24) is 4.90 Å². The van der Waals surface area contributed by atoms with Gasteiger partial charge in [-0.15, -0.1) is 0 Å². The minimum Gasteiger partial charge on any atom is -0.487 e. The summed E-state index contributed by atoms with van der Waals surface area (Å²) in [4.78, 5) is 13.7. The maximum absolute atomic E-state index is 13.0. The van der Waals surface area contributed by atoms with Gasteiger partial charge in [0.05, 0.1) is 24.1 Å². The van der Waals surface area contributed by atoms with E-state index >= 15 is 0 Å². The number of anilines is 1. The molecule has 2 aromatic rings. The Balaban J connectivity index is 1.71. The van der Waals surface area contributed by atoms with Gasteiger partial charge in [-0.25, -0.2) is 4.99 Å². The van der Waals surface area contributed by atoms with Crippen LogP contribution in [0.3, 0.4) is 0 Å². The smallest absolute Gasteiger partial charge is 0.416 e. The van der Waals surface area contributed by atoms with Gasteiger partial charge in [-0.05, 0) is 62.2 Å². The Labute approximate surface area is 192 Å². The molecule has 1 aliphatic heterocycles. The summed E-state index contributed by atoms with van der Waals surface area (Å²) in [6, 6.07) is 11.1. The highest BCUT2D eigenvalue weighted by Crippen LogP contribution is 2.35. The van der Waals surface area contributed by atoms with Crippen molar-refractivity contribution in [1.29, 1.82) is 0 Å². The quantitative estimate of drug-likeness (QED) is 0.294. The molecule has 0 saturated carbocycles. The van der Waals surface area contributed by atoms with Crippen LogP contribution >= 0.6 is 0 Å². The molecular weight excluding hydrogens is 433 g/mol. The molecule has 178 valence electrons. The molecule has 0 saturated heterocycles. The Morgan fingerprint density at radius 2 is 2.03 bits per heavy atom. The van der Waals surface area contributed by atoms with Crippen molar-refractivity contribution in [2.24, 2.45) is 10.1 Å². The van der Waals surface area contributed by atoms with Gasteiger partial charge in [-0.3, -0.25) is 0 Å². The first kappa shape index (κ1) is 24.4. The maximum atomic E-state index is 13.0. The average Bonchev–Trinajstić information content (AvgIpc) is 3.09. The first-order chi connectivity index (χ1) is 15.7. The second kappa shape index (κ2) is 10.6. The lowest BCUT2D eigenvalue weighted by Gasteiger charge is -2.25. The van der Waals surface area contributed by atoms with Gasteiger partial charge in [0.1, 0.15) is 25.2 Å². The third-order valence-electron chi connectivity index (χ3n) is 5.46. The van der Waals surface area contributed by atoms with Gasteiger partial charge in [0.2, 0.25) is 0 Å². The lowest BCUT2D eigenvalue weighted by Crippen LogP contribution is -2.36. The summed E-state index contributed by atoms with van der Waals surface area (Å²) in [5.41, 5.74) is 2.97. The van der Waals surface area contributed by atoms with Crippen molar-refractivity contribution in [3.05, 3.63) is 53.6 Å². The molecule has 0 aromatic heterocycles. The van der Waals surface area contributed by atoms with E-state index in [1.807, 2.05) is 30.4 Å². The molecule has 1 atom stereocenters. The zero-order chi connectivity index (χ0) is 24.0. The standard InChI is InChI=1S/C24H29F3N4O2/c1-5-30(3)16-28-20-9-10-23-18(12-20)11-17(2)31(23)14-21(29-32-4)15-33-22-8-6-7-19(13-22)24(25,26)27/h6-10,12-13,16-17H,5,11,14-15H2,1-4H3/b28-16+,29-21-. The highest BCUT2D eigenvalue weighted by Gasteiger charge is 2.31. The Kier molecular flexibility index (Phi) is 7.84. The van der Waals surface area contributed by atoms with E-state index in [1.54, 1.807) is 0 Å². The van der Waals surface area contributed by atoms with Crippen molar-refractivity contribution >= 4 is 23.4 Å². The van der Waals surface area contributed by atoms with Crippen LogP contribution in [0.25, 0.3) is 0 Å². The molecule has 0 fully saturated rings. The molecule has 6 nitrogen and oxygen atoms in total. The zero-order valence-electron chi connectivity index (χ0n) is 19.3. The summed E-state index contributed by atoms with van der Waals surface area (Å²) >= 11 is 0. The monoisotopic (exact) mass is 462 g/mol. The predicted molar refractivity (Wildman–Crippen MR) is 125 cm³/mol. The number of alkyl halides is 3. The summed E-state index contributed by atoms with van der Waals surface area (Å²) in [5.74, 6) is 0.128. The van der Waals surface area contributed by atoms with E-state index in [0.29, 0.717) is 12.3 Å². The van der Waals surface area contributed by atoms with Crippen LogP contribution in [0.2, 0.25) is 0 Å². The maximum Gasteiger partial charge on any atom is 0.416 e. The van der Waals surface area contributed by atoms with Gasteiger partial charge in [-0.2, -0.15) is 13.2 Å². The lowest BCUT2D eigenvalue weighted by atomic mass is 10.1. The highest BCUT2D eigenvalue weighted by atomic mass is 19.4. The Morgan fingerprint density at radius 1 is 1.24 bits per heavy atom. The van der Waals surface area contributed by atoms with Crippen LogP contribution in [-0.2, 0) is 17.4 Å². The minimum absolute atomic E-state index is 0.0133. The van der Waals surface area contributed by atoms with Crippen molar-refractivity contribution in [2.75, 3.05) is 38.8 Å². The second-order valence-electron chi connectivity index (χ2n) is 7.97. The molecule has 1 unspecified atom stereocenters. The number of halogens is 3. The van der Waals surface area contributed by atoms with Crippen molar-refractivity contribution in [3.8, 4) is 5.75 Å². The van der Waals surface area contributed by atoms with Gasteiger partial charge in [-0.1, -0.05) is 11.2 Å². The first-order valence-corrected chi connectivity index (χ1v) is 10.7. The fourth-order valence-corrected chi connectivity index (χ4v) is 3.61.